The summed E-state index contributed by atoms with van der Waals surface area (Å²) < 4.78 is 0. The first-order chi connectivity index (χ1) is 23.1. The average Bonchev–Trinajstić information content (AvgIpc) is 3.11. The zero-order valence-corrected chi connectivity index (χ0v) is 25.7. The number of hydrogen-bond donors (Lipinski definition) is 24. The summed E-state index contributed by atoms with van der Waals surface area (Å²) in [6.07, 6.45) is -66.8. The van der Waals surface area contributed by atoms with Crippen LogP contribution < -0.4 is 0 Å². The molecule has 0 aromatic rings. The van der Waals surface area contributed by atoms with E-state index in [0.717, 1.165) is 0 Å². The van der Waals surface area contributed by atoms with Gasteiger partial charge in [-0.25, -0.2) is 0 Å². The summed E-state index contributed by atoms with van der Waals surface area (Å²) in [7, 11) is 0. The molecule has 0 saturated heterocycles. The molecule has 25 heteroatoms. The second kappa shape index (κ2) is 13.2. The molecule has 24 N–H and O–H groups in total. The van der Waals surface area contributed by atoms with Crippen LogP contribution in [0.4, 0.5) is 0 Å². The third-order valence-corrected chi connectivity index (χ3v) is 11.5. The quantitative estimate of drug-likeness (QED) is 0.124. The Morgan fingerprint density at radius 1 is 0.294 bits per heavy atom. The van der Waals surface area contributed by atoms with Crippen LogP contribution in [0.2, 0.25) is 0 Å². The highest BCUT2D eigenvalue weighted by atomic mass is 16.5. The molecule has 0 aromatic carbocycles. The molecule has 51 heavy (non-hydrogen) atoms. The molecule has 0 bridgehead atoms. The Bertz CT molecular complexity index is 1130. The van der Waals surface area contributed by atoms with Gasteiger partial charge >= 0.3 is 0 Å². The van der Waals surface area contributed by atoms with Crippen LogP contribution in [-0.4, -0.2) is 273 Å². The van der Waals surface area contributed by atoms with Crippen LogP contribution in [0.15, 0.2) is 0 Å². The second-order valence-corrected chi connectivity index (χ2v) is 13.8. The third kappa shape index (κ3) is 4.74. The maximum Gasteiger partial charge on any atom is 0.185 e. The van der Waals surface area contributed by atoms with E-state index in [1.54, 1.807) is 0 Å². The number of ketones is 1. The summed E-state index contributed by atoms with van der Waals surface area (Å²) in [6.45, 7) is 0. The van der Waals surface area contributed by atoms with Crippen LogP contribution in [0.5, 0.6) is 0 Å². The monoisotopic (exact) mass is 756 g/mol. The molecule has 298 valence electrons. The van der Waals surface area contributed by atoms with Crippen molar-refractivity contribution in [1.29, 1.82) is 0 Å². The van der Waals surface area contributed by atoms with Crippen molar-refractivity contribution in [3.63, 3.8) is 0 Å². The molecule has 25 nitrogen and oxygen atoms in total. The van der Waals surface area contributed by atoms with Gasteiger partial charge in [0, 0.05) is 0 Å². The molecule has 0 aliphatic heterocycles. The molecular weight excluding hydrogens is 712 g/mol. The van der Waals surface area contributed by atoms with E-state index in [1.165, 1.54) is 0 Å². The lowest BCUT2D eigenvalue weighted by atomic mass is 9.38. The van der Waals surface area contributed by atoms with Crippen LogP contribution in [0.25, 0.3) is 0 Å². The molecule has 0 amide bonds. The Kier molecular flexibility index (Phi) is 11.0. The van der Waals surface area contributed by atoms with Gasteiger partial charge in [0.1, 0.15) is 144 Å². The molecule has 0 radical (unpaired) electrons. The van der Waals surface area contributed by atoms with E-state index >= 15 is 4.79 Å². The minimum absolute atomic E-state index is 2.76. The largest absolute Gasteiger partial charge is 0.387 e. The topological polar surface area (TPSA) is 503 Å². The maximum absolute atomic E-state index is 15.3. The maximum atomic E-state index is 15.3. The fraction of sp³-hybridized carbons (Fsp3) is 0.962. The summed E-state index contributed by atoms with van der Waals surface area (Å²) in [5.74, 6) is -3.29. The lowest BCUT2D eigenvalue weighted by molar-refractivity contribution is -0.423. The van der Waals surface area contributed by atoms with Gasteiger partial charge < -0.3 is 123 Å². The van der Waals surface area contributed by atoms with Gasteiger partial charge in [0.15, 0.2) is 11.4 Å². The molecule has 24 atom stereocenters. The number of carbonyl (C=O) groups excluding carboxylic acids is 1. The van der Waals surface area contributed by atoms with E-state index in [2.05, 4.69) is 0 Å². The van der Waals surface area contributed by atoms with E-state index in [9.17, 15) is 123 Å². The van der Waals surface area contributed by atoms with Crippen LogP contribution in [0.3, 0.4) is 0 Å². The lowest BCUT2D eigenvalue weighted by Gasteiger charge is -2.71. The van der Waals surface area contributed by atoms with Gasteiger partial charge in [-0.3, -0.25) is 4.79 Å². The molecule has 8 unspecified atom stereocenters. The third-order valence-electron chi connectivity index (χ3n) is 11.5. The van der Waals surface area contributed by atoms with Crippen molar-refractivity contribution >= 4 is 5.78 Å². The van der Waals surface area contributed by atoms with Gasteiger partial charge in [-0.1, -0.05) is 0 Å². The van der Waals surface area contributed by atoms with Crippen molar-refractivity contribution in [2.45, 2.75) is 144 Å². The first-order valence-electron chi connectivity index (χ1n) is 15.2. The number of rotatable bonds is 5. The first kappa shape index (κ1) is 42.5. The Hall–Kier alpha value is -1.29. The Morgan fingerprint density at radius 2 is 0.451 bits per heavy atom. The van der Waals surface area contributed by atoms with E-state index in [1.807, 2.05) is 0 Å². The SMILES string of the molecule is O=C(C1(O)[C@H](O)[C@H](O)C(O)[C@H](O)[C@H]1O)C(C1(O)[C@H](O)[C@H](O)C(O)[C@H](O)[C@H]1O)(C1(O)[C@H](O)[C@H](O)C(O)[C@H](O)[C@H]1O)C1(O)[C@H](O)[C@H](O)C(O)[C@H](O)[C@H]1O. The van der Waals surface area contributed by atoms with Gasteiger partial charge in [-0.05, 0) is 0 Å². The average molecular weight is 757 g/mol. The highest BCUT2D eigenvalue weighted by molar-refractivity contribution is 5.98. The molecule has 4 aliphatic carbocycles. The van der Waals surface area contributed by atoms with Gasteiger partial charge in [0.25, 0.3) is 0 Å². The molecule has 4 rings (SSSR count). The van der Waals surface area contributed by atoms with Crippen molar-refractivity contribution in [3.8, 4) is 0 Å². The molecular formula is C26H44O25. The summed E-state index contributed by atoms with van der Waals surface area (Å²) in [5.41, 5.74) is -25.6. The first-order valence-corrected chi connectivity index (χ1v) is 15.2. The van der Waals surface area contributed by atoms with E-state index < -0.39 is 156 Å². The van der Waals surface area contributed by atoms with Crippen LogP contribution in [0, 0.1) is 5.41 Å². The number of hydrogen-bond acceptors (Lipinski definition) is 25. The summed E-state index contributed by atoms with van der Waals surface area (Å²) >= 11 is 0. The fourth-order valence-corrected chi connectivity index (χ4v) is 8.49. The van der Waals surface area contributed by atoms with Crippen molar-refractivity contribution in [3.05, 3.63) is 0 Å². The second-order valence-electron chi connectivity index (χ2n) is 13.8. The van der Waals surface area contributed by atoms with Gasteiger partial charge in [-0.2, -0.15) is 0 Å². The minimum Gasteiger partial charge on any atom is -0.387 e. The Morgan fingerprint density at radius 3 is 0.627 bits per heavy atom. The predicted molar refractivity (Wildman–Crippen MR) is 147 cm³/mol. The molecule has 0 spiro atoms. The van der Waals surface area contributed by atoms with Gasteiger partial charge in [0.2, 0.25) is 0 Å². The minimum atomic E-state index is -5.55. The summed E-state index contributed by atoms with van der Waals surface area (Å²) in [5, 5.41) is 266. The van der Waals surface area contributed by atoms with E-state index in [4.69, 9.17) is 0 Å². The molecule has 0 heterocycles. The van der Waals surface area contributed by atoms with Crippen molar-refractivity contribution in [2.75, 3.05) is 0 Å². The van der Waals surface area contributed by atoms with Crippen LogP contribution in [0.1, 0.15) is 0 Å². The Balaban J connectivity index is 2.39. The summed E-state index contributed by atoms with van der Waals surface area (Å²) in [6, 6.07) is 0. The van der Waals surface area contributed by atoms with Crippen molar-refractivity contribution in [1.82, 2.24) is 0 Å². The zero-order chi connectivity index (χ0) is 39.6. The van der Waals surface area contributed by atoms with E-state index in [-0.39, 0.29) is 0 Å². The number of Topliss-reactive ketones (excluding diaryl/α,β-unsaturated/α-hetero) is 1. The number of aliphatic hydroxyl groups is 24. The van der Waals surface area contributed by atoms with E-state index in [0.29, 0.717) is 0 Å². The van der Waals surface area contributed by atoms with Crippen LogP contribution in [-0.2, 0) is 4.79 Å². The zero-order valence-electron chi connectivity index (χ0n) is 25.7. The van der Waals surface area contributed by atoms with Gasteiger partial charge in [0.05, 0.1) is 0 Å². The molecule has 0 aromatic heterocycles. The number of aliphatic hydroxyl groups excluding tert-OH is 20. The van der Waals surface area contributed by atoms with Gasteiger partial charge in [-0.15, -0.1) is 0 Å². The normalized spacial score (nSPS) is 61.1. The smallest absolute Gasteiger partial charge is 0.185 e. The summed E-state index contributed by atoms with van der Waals surface area (Å²) in [4.78, 5) is 15.3. The standard InChI is InChI=1S/C26H44O25/c27-1-5(31)13(39)22(48,14(40)6(1)32)21(47)26(23(49)15(41)7(33)2(28)8(34)16(23)42,24(50)17(43)9(35)3(29)10(36)18(24)44)25(51)19(45)11(37)4(30)12(38)20(25)46/h1-20,27-46,48-51H/t1?,2?,3?,4?,5-,6+,7-,8+,9-,10+,11-,12+,13-,14-,15-,16-,17-,18-,19-,20-,22?,23?,24?,25?,26?/m1/s1. The van der Waals surface area contributed by atoms with Crippen molar-refractivity contribution < 1.29 is 127 Å². The number of carbonyl (C=O) groups is 1. The fourth-order valence-electron chi connectivity index (χ4n) is 8.49. The van der Waals surface area contributed by atoms with Crippen LogP contribution >= 0.6 is 0 Å². The lowest BCUT2D eigenvalue weighted by Crippen LogP contribution is -2.97. The molecule has 4 aliphatic rings. The van der Waals surface area contributed by atoms with Crippen molar-refractivity contribution in [2.24, 2.45) is 5.41 Å². The molecule has 4 fully saturated rings. The Labute approximate surface area is 283 Å². The predicted octanol–water partition coefficient (Wildman–Crippen LogP) is -16.3. The highest BCUT2D eigenvalue weighted by Gasteiger charge is 2.91. The molecule has 4 saturated carbocycles. The highest BCUT2D eigenvalue weighted by Crippen LogP contribution is 2.64.